The van der Waals surface area contributed by atoms with Crippen molar-refractivity contribution < 1.29 is 4.79 Å². The number of aromatic nitrogens is 1. The second-order valence-electron chi connectivity index (χ2n) is 5.90. The lowest BCUT2D eigenvalue weighted by atomic mass is 9.85. The maximum atomic E-state index is 12.9. The number of benzene rings is 2. The summed E-state index contributed by atoms with van der Waals surface area (Å²) < 4.78 is 1.10. The highest BCUT2D eigenvalue weighted by Crippen LogP contribution is 2.38. The number of nitrogens with zero attached hydrogens (tertiary/aromatic N) is 2. The first-order chi connectivity index (χ1) is 11.6. The topological polar surface area (TPSA) is 33.2 Å². The number of carbonyl (C=O) groups is 1. The Hall–Kier alpha value is -2.46. The number of carbonyl (C=O) groups excluding carboxylic acids is 1. The molecule has 3 rings (SSSR count). The van der Waals surface area contributed by atoms with Crippen molar-refractivity contribution in [3.05, 3.63) is 77.8 Å². The van der Waals surface area contributed by atoms with E-state index in [4.69, 9.17) is 4.98 Å². The lowest BCUT2D eigenvalue weighted by Crippen LogP contribution is -2.31. The summed E-state index contributed by atoms with van der Waals surface area (Å²) in [7, 11) is 3.57. The van der Waals surface area contributed by atoms with Crippen LogP contribution in [0.1, 0.15) is 22.4 Å². The van der Waals surface area contributed by atoms with Gasteiger partial charge in [0.15, 0.2) is 0 Å². The van der Waals surface area contributed by atoms with Gasteiger partial charge in [0.2, 0.25) is 5.91 Å². The third-order valence-electron chi connectivity index (χ3n) is 4.08. The smallest absolute Gasteiger partial charge is 0.233 e. The van der Waals surface area contributed by atoms with Crippen molar-refractivity contribution in [2.45, 2.75) is 11.8 Å². The van der Waals surface area contributed by atoms with E-state index in [1.54, 1.807) is 30.3 Å². The first-order valence-electron chi connectivity index (χ1n) is 7.86. The fraction of sp³-hybridized carbons (Fsp3) is 0.200. The van der Waals surface area contributed by atoms with Gasteiger partial charge in [0.1, 0.15) is 10.9 Å². The highest BCUT2D eigenvalue weighted by atomic mass is 32.1. The van der Waals surface area contributed by atoms with E-state index in [2.05, 4.69) is 6.58 Å². The zero-order valence-electron chi connectivity index (χ0n) is 13.8. The SMILES string of the molecule is C=C[C@@H](c1ccccc1)[C@@H](C(=O)N(C)C)c1nc2ccccc2s1. The van der Waals surface area contributed by atoms with Crippen molar-refractivity contribution >= 4 is 27.5 Å². The fourth-order valence-electron chi connectivity index (χ4n) is 2.85. The average molecular weight is 336 g/mol. The standard InChI is InChI=1S/C20H20N2OS/c1-4-15(14-10-6-5-7-11-14)18(20(23)22(2)3)19-21-16-12-8-9-13-17(16)24-19/h4-13,15,18H,1H2,2-3H3/t15-,18+/m0/s1. The zero-order chi connectivity index (χ0) is 17.1. The molecule has 2 atom stereocenters. The van der Waals surface area contributed by atoms with Crippen molar-refractivity contribution in [1.29, 1.82) is 0 Å². The Morgan fingerprint density at radius 1 is 1.12 bits per heavy atom. The molecule has 0 N–H and O–H groups in total. The maximum Gasteiger partial charge on any atom is 0.233 e. The molecule has 0 aliphatic heterocycles. The van der Waals surface area contributed by atoms with Gasteiger partial charge >= 0.3 is 0 Å². The molecule has 3 aromatic rings. The van der Waals surface area contributed by atoms with Crippen molar-refractivity contribution in [1.82, 2.24) is 9.88 Å². The second-order valence-corrected chi connectivity index (χ2v) is 6.96. The number of para-hydroxylation sites is 1. The molecule has 4 heteroatoms. The fourth-order valence-corrected chi connectivity index (χ4v) is 3.96. The van der Waals surface area contributed by atoms with Gasteiger partial charge in [0.05, 0.1) is 10.2 Å². The highest BCUT2D eigenvalue weighted by molar-refractivity contribution is 7.18. The summed E-state index contributed by atoms with van der Waals surface area (Å²) in [5, 5.41) is 0.837. The zero-order valence-corrected chi connectivity index (χ0v) is 14.7. The molecule has 0 fully saturated rings. The molecule has 0 spiro atoms. The second kappa shape index (κ2) is 6.97. The van der Waals surface area contributed by atoms with Gasteiger partial charge in [-0.1, -0.05) is 48.5 Å². The first-order valence-corrected chi connectivity index (χ1v) is 8.67. The van der Waals surface area contributed by atoms with Crippen LogP contribution in [0.3, 0.4) is 0 Å². The predicted molar refractivity (Wildman–Crippen MR) is 100 cm³/mol. The summed E-state index contributed by atoms with van der Waals surface area (Å²) in [5.41, 5.74) is 2.01. The van der Waals surface area contributed by atoms with Crippen LogP contribution in [0, 0.1) is 0 Å². The third-order valence-corrected chi connectivity index (χ3v) is 5.20. The van der Waals surface area contributed by atoms with E-state index in [9.17, 15) is 4.79 Å². The normalized spacial score (nSPS) is 13.4. The van der Waals surface area contributed by atoms with Crippen LogP contribution in [-0.4, -0.2) is 29.9 Å². The summed E-state index contributed by atoms with van der Waals surface area (Å²) in [6, 6.07) is 18.0. The molecule has 24 heavy (non-hydrogen) atoms. The molecular formula is C20H20N2OS. The van der Waals surface area contributed by atoms with Crippen LogP contribution in [0.5, 0.6) is 0 Å². The average Bonchev–Trinajstić information content (AvgIpc) is 3.03. The van der Waals surface area contributed by atoms with Gasteiger partial charge in [-0.25, -0.2) is 4.98 Å². The minimum atomic E-state index is -0.364. The Labute approximate surface area is 146 Å². The molecule has 0 saturated carbocycles. The van der Waals surface area contributed by atoms with Crippen molar-refractivity contribution in [3.63, 3.8) is 0 Å². The molecule has 3 nitrogen and oxygen atoms in total. The van der Waals surface area contributed by atoms with E-state index in [0.717, 1.165) is 20.8 Å². The molecule has 0 unspecified atom stereocenters. The minimum Gasteiger partial charge on any atom is -0.348 e. The predicted octanol–water partition coefficient (Wildman–Crippen LogP) is 4.44. The molecule has 2 aromatic carbocycles. The third kappa shape index (κ3) is 3.10. The van der Waals surface area contributed by atoms with Crippen molar-refractivity contribution in [2.24, 2.45) is 0 Å². The monoisotopic (exact) mass is 336 g/mol. The molecule has 122 valence electrons. The van der Waals surface area contributed by atoms with E-state index in [0.29, 0.717) is 0 Å². The highest BCUT2D eigenvalue weighted by Gasteiger charge is 2.33. The summed E-state index contributed by atoms with van der Waals surface area (Å²) >= 11 is 1.58. The number of fused-ring (bicyclic) bond motifs is 1. The van der Waals surface area contributed by atoms with E-state index in [1.165, 1.54) is 0 Å². The Morgan fingerprint density at radius 2 is 1.79 bits per heavy atom. The lowest BCUT2D eigenvalue weighted by Gasteiger charge is -2.25. The molecular weight excluding hydrogens is 316 g/mol. The Kier molecular flexibility index (Phi) is 4.76. The van der Waals surface area contributed by atoms with Crippen LogP contribution in [0.4, 0.5) is 0 Å². The van der Waals surface area contributed by atoms with Gasteiger partial charge in [0.25, 0.3) is 0 Å². The van der Waals surface area contributed by atoms with Gasteiger partial charge in [-0.3, -0.25) is 4.79 Å². The number of rotatable bonds is 5. The van der Waals surface area contributed by atoms with Gasteiger partial charge in [-0.05, 0) is 17.7 Å². The Balaban J connectivity index is 2.12. The molecule has 0 aliphatic rings. The minimum absolute atomic E-state index is 0.0443. The summed E-state index contributed by atoms with van der Waals surface area (Å²) in [4.78, 5) is 19.3. The maximum absolute atomic E-state index is 12.9. The van der Waals surface area contributed by atoms with Gasteiger partial charge in [-0.15, -0.1) is 17.9 Å². The van der Waals surface area contributed by atoms with E-state index in [1.807, 2.05) is 60.7 Å². The molecule has 0 aliphatic carbocycles. The largest absolute Gasteiger partial charge is 0.348 e. The number of hydrogen-bond donors (Lipinski definition) is 0. The molecule has 0 saturated heterocycles. The molecule has 1 aromatic heterocycles. The van der Waals surface area contributed by atoms with Crippen LogP contribution >= 0.6 is 11.3 Å². The Bertz CT molecular complexity index is 821. The van der Waals surface area contributed by atoms with Crippen molar-refractivity contribution in [2.75, 3.05) is 14.1 Å². The lowest BCUT2D eigenvalue weighted by molar-refractivity contribution is -0.130. The van der Waals surface area contributed by atoms with Crippen LogP contribution in [-0.2, 0) is 4.79 Å². The van der Waals surface area contributed by atoms with E-state index < -0.39 is 0 Å². The first kappa shape index (κ1) is 16.4. The molecule has 0 radical (unpaired) electrons. The van der Waals surface area contributed by atoms with Crippen LogP contribution in [0.2, 0.25) is 0 Å². The number of thiazole rings is 1. The van der Waals surface area contributed by atoms with Crippen LogP contribution in [0.25, 0.3) is 10.2 Å². The summed E-state index contributed by atoms with van der Waals surface area (Å²) in [6.45, 7) is 3.99. The quantitative estimate of drug-likeness (QED) is 0.646. The summed E-state index contributed by atoms with van der Waals surface area (Å²) in [6.07, 6.45) is 1.85. The van der Waals surface area contributed by atoms with Crippen molar-refractivity contribution in [3.8, 4) is 0 Å². The molecule has 1 heterocycles. The number of likely N-dealkylation sites (N-methyl/N-ethyl adjacent to an activating group) is 1. The van der Waals surface area contributed by atoms with E-state index >= 15 is 0 Å². The van der Waals surface area contributed by atoms with Gasteiger partial charge in [0, 0.05) is 20.0 Å². The number of hydrogen-bond acceptors (Lipinski definition) is 3. The Morgan fingerprint density at radius 3 is 2.42 bits per heavy atom. The number of amides is 1. The number of allylic oxidation sites excluding steroid dienone is 1. The van der Waals surface area contributed by atoms with Crippen LogP contribution in [0.15, 0.2) is 67.3 Å². The molecule has 1 amide bonds. The van der Waals surface area contributed by atoms with Crippen LogP contribution < -0.4 is 0 Å². The van der Waals surface area contributed by atoms with Gasteiger partial charge < -0.3 is 4.90 Å². The summed E-state index contributed by atoms with van der Waals surface area (Å²) in [5.74, 6) is -0.429. The molecule has 0 bridgehead atoms. The van der Waals surface area contributed by atoms with Gasteiger partial charge in [-0.2, -0.15) is 0 Å². The van der Waals surface area contributed by atoms with E-state index in [-0.39, 0.29) is 17.7 Å².